The Bertz CT molecular complexity index is 578. The fraction of sp³-hybridized carbons (Fsp3) is 0.250. The zero-order chi connectivity index (χ0) is 15.1. The standard InChI is InChI=1S/C16H19N3O2.2ClH/c1-12(17)8-10-19-16(20)13-4-6-14(7-5-13)21-15-3-2-9-18-11-15;;/h2-7,9,11-12H,8,10,17H2,1H3,(H,19,20);2*1H. The summed E-state index contributed by atoms with van der Waals surface area (Å²) in [4.78, 5) is 15.9. The molecule has 126 valence electrons. The van der Waals surface area contributed by atoms with Crippen molar-refractivity contribution in [3.63, 3.8) is 0 Å². The maximum absolute atomic E-state index is 11.9. The van der Waals surface area contributed by atoms with E-state index in [-0.39, 0.29) is 36.8 Å². The highest BCUT2D eigenvalue weighted by Crippen LogP contribution is 2.20. The Labute approximate surface area is 148 Å². The van der Waals surface area contributed by atoms with Crippen molar-refractivity contribution in [1.29, 1.82) is 0 Å². The van der Waals surface area contributed by atoms with Gasteiger partial charge in [0.25, 0.3) is 5.91 Å². The summed E-state index contributed by atoms with van der Waals surface area (Å²) in [5.74, 6) is 1.21. The van der Waals surface area contributed by atoms with E-state index in [1.807, 2.05) is 13.0 Å². The van der Waals surface area contributed by atoms with Crippen molar-refractivity contribution in [1.82, 2.24) is 10.3 Å². The van der Waals surface area contributed by atoms with E-state index in [0.717, 1.165) is 6.42 Å². The van der Waals surface area contributed by atoms with Crippen LogP contribution in [0.4, 0.5) is 0 Å². The molecule has 0 aliphatic heterocycles. The van der Waals surface area contributed by atoms with E-state index in [0.29, 0.717) is 23.6 Å². The van der Waals surface area contributed by atoms with Crippen LogP contribution < -0.4 is 15.8 Å². The van der Waals surface area contributed by atoms with E-state index < -0.39 is 0 Å². The van der Waals surface area contributed by atoms with Crippen LogP contribution in [0.15, 0.2) is 48.8 Å². The van der Waals surface area contributed by atoms with Gasteiger partial charge >= 0.3 is 0 Å². The molecule has 1 heterocycles. The summed E-state index contributed by atoms with van der Waals surface area (Å²) in [5.41, 5.74) is 6.23. The van der Waals surface area contributed by atoms with Crippen LogP contribution in [0.25, 0.3) is 0 Å². The van der Waals surface area contributed by atoms with Crippen LogP contribution in [0, 0.1) is 0 Å². The third-order valence-corrected chi connectivity index (χ3v) is 2.87. The topological polar surface area (TPSA) is 77.2 Å². The second-order valence-corrected chi connectivity index (χ2v) is 4.84. The average Bonchev–Trinajstić information content (AvgIpc) is 2.48. The lowest BCUT2D eigenvalue weighted by Crippen LogP contribution is -2.28. The zero-order valence-electron chi connectivity index (χ0n) is 12.8. The van der Waals surface area contributed by atoms with Gasteiger partial charge in [0, 0.05) is 24.3 Å². The maximum Gasteiger partial charge on any atom is 0.251 e. The third-order valence-electron chi connectivity index (χ3n) is 2.87. The Hall–Kier alpha value is -1.82. The normalized spacial score (nSPS) is 10.7. The minimum absolute atomic E-state index is 0. The summed E-state index contributed by atoms with van der Waals surface area (Å²) in [6.07, 6.45) is 4.07. The summed E-state index contributed by atoms with van der Waals surface area (Å²) in [6.45, 7) is 2.49. The van der Waals surface area contributed by atoms with E-state index in [1.54, 1.807) is 42.7 Å². The number of halogens is 2. The number of hydrogen-bond donors (Lipinski definition) is 2. The number of nitrogens with two attached hydrogens (primary N) is 1. The van der Waals surface area contributed by atoms with Gasteiger partial charge in [0.15, 0.2) is 0 Å². The van der Waals surface area contributed by atoms with Gasteiger partial charge in [-0.3, -0.25) is 9.78 Å². The number of rotatable bonds is 6. The van der Waals surface area contributed by atoms with Crippen LogP contribution in [0.1, 0.15) is 23.7 Å². The van der Waals surface area contributed by atoms with Gasteiger partial charge in [0.2, 0.25) is 0 Å². The van der Waals surface area contributed by atoms with Gasteiger partial charge in [-0.2, -0.15) is 0 Å². The van der Waals surface area contributed by atoms with Crippen LogP contribution >= 0.6 is 24.8 Å². The van der Waals surface area contributed by atoms with Crippen molar-refractivity contribution >= 4 is 30.7 Å². The highest BCUT2D eigenvalue weighted by atomic mass is 35.5. The van der Waals surface area contributed by atoms with Gasteiger partial charge in [-0.1, -0.05) is 0 Å². The Kier molecular flexibility index (Phi) is 9.97. The van der Waals surface area contributed by atoms with Crippen molar-refractivity contribution in [3.05, 3.63) is 54.4 Å². The quantitative estimate of drug-likeness (QED) is 0.832. The number of ether oxygens (including phenoxy) is 1. The fourth-order valence-electron chi connectivity index (χ4n) is 1.73. The van der Waals surface area contributed by atoms with Crippen LogP contribution in [0.5, 0.6) is 11.5 Å². The van der Waals surface area contributed by atoms with Crippen LogP contribution in [-0.4, -0.2) is 23.5 Å². The lowest BCUT2D eigenvalue weighted by atomic mass is 10.2. The molecule has 0 fully saturated rings. The van der Waals surface area contributed by atoms with E-state index in [1.165, 1.54) is 0 Å². The number of hydrogen-bond acceptors (Lipinski definition) is 4. The highest BCUT2D eigenvalue weighted by Gasteiger charge is 2.06. The second-order valence-electron chi connectivity index (χ2n) is 4.84. The van der Waals surface area contributed by atoms with Gasteiger partial charge < -0.3 is 15.8 Å². The van der Waals surface area contributed by atoms with Crippen LogP contribution in [-0.2, 0) is 0 Å². The predicted octanol–water partition coefficient (Wildman–Crippen LogP) is 3.18. The Balaban J connectivity index is 0.00000242. The summed E-state index contributed by atoms with van der Waals surface area (Å²) < 4.78 is 5.61. The van der Waals surface area contributed by atoms with Crippen molar-refractivity contribution in [2.75, 3.05) is 6.54 Å². The Morgan fingerprint density at radius 1 is 1.22 bits per heavy atom. The van der Waals surface area contributed by atoms with Crippen LogP contribution in [0.3, 0.4) is 0 Å². The second kappa shape index (κ2) is 10.8. The first-order valence-electron chi connectivity index (χ1n) is 6.87. The lowest BCUT2D eigenvalue weighted by molar-refractivity contribution is 0.0953. The monoisotopic (exact) mass is 357 g/mol. The molecule has 0 saturated carbocycles. The molecule has 1 unspecified atom stereocenters. The van der Waals surface area contributed by atoms with Gasteiger partial charge in [0.1, 0.15) is 11.5 Å². The molecule has 5 nitrogen and oxygen atoms in total. The molecule has 0 spiro atoms. The van der Waals surface area contributed by atoms with Crippen molar-refractivity contribution in [3.8, 4) is 11.5 Å². The molecule has 1 amide bonds. The first kappa shape index (κ1) is 21.2. The minimum atomic E-state index is -0.108. The molecule has 1 atom stereocenters. The van der Waals surface area contributed by atoms with Gasteiger partial charge in [-0.15, -0.1) is 24.8 Å². The van der Waals surface area contributed by atoms with Crippen molar-refractivity contribution in [2.24, 2.45) is 5.73 Å². The molecule has 2 aromatic rings. The average molecular weight is 358 g/mol. The molecule has 0 aliphatic carbocycles. The number of carbonyl (C=O) groups is 1. The van der Waals surface area contributed by atoms with Crippen molar-refractivity contribution < 1.29 is 9.53 Å². The summed E-state index contributed by atoms with van der Waals surface area (Å²) in [6, 6.07) is 10.7. The number of aromatic nitrogens is 1. The van der Waals surface area contributed by atoms with Gasteiger partial charge in [0.05, 0.1) is 6.20 Å². The molecule has 0 bridgehead atoms. The fourth-order valence-corrected chi connectivity index (χ4v) is 1.73. The molecule has 1 aromatic carbocycles. The number of carbonyl (C=O) groups excluding carboxylic acids is 1. The smallest absolute Gasteiger partial charge is 0.251 e. The molecule has 1 aromatic heterocycles. The van der Waals surface area contributed by atoms with E-state index >= 15 is 0 Å². The number of benzene rings is 1. The molecular weight excluding hydrogens is 337 g/mol. The van der Waals surface area contributed by atoms with Gasteiger partial charge in [-0.05, 0) is 49.7 Å². The molecule has 0 radical (unpaired) electrons. The number of pyridine rings is 1. The lowest BCUT2D eigenvalue weighted by Gasteiger charge is -2.08. The van der Waals surface area contributed by atoms with E-state index in [4.69, 9.17) is 10.5 Å². The van der Waals surface area contributed by atoms with Crippen LogP contribution in [0.2, 0.25) is 0 Å². The predicted molar refractivity (Wildman–Crippen MR) is 95.8 cm³/mol. The minimum Gasteiger partial charge on any atom is -0.456 e. The number of amides is 1. The summed E-state index contributed by atoms with van der Waals surface area (Å²) >= 11 is 0. The first-order valence-corrected chi connectivity index (χ1v) is 6.87. The Morgan fingerprint density at radius 2 is 1.91 bits per heavy atom. The number of nitrogens with one attached hydrogen (secondary N) is 1. The highest BCUT2D eigenvalue weighted by molar-refractivity contribution is 5.94. The maximum atomic E-state index is 11.9. The molecule has 2 rings (SSSR count). The summed E-state index contributed by atoms with van der Waals surface area (Å²) in [5, 5.41) is 2.83. The van der Waals surface area contributed by atoms with Crippen molar-refractivity contribution in [2.45, 2.75) is 19.4 Å². The Morgan fingerprint density at radius 3 is 2.48 bits per heavy atom. The number of nitrogens with zero attached hydrogens (tertiary/aromatic N) is 1. The SMILES string of the molecule is CC(N)CCNC(=O)c1ccc(Oc2cccnc2)cc1.Cl.Cl. The molecular formula is C16H21Cl2N3O2. The van der Waals surface area contributed by atoms with Gasteiger partial charge in [-0.25, -0.2) is 0 Å². The summed E-state index contributed by atoms with van der Waals surface area (Å²) in [7, 11) is 0. The molecule has 0 saturated heterocycles. The van der Waals surface area contributed by atoms with E-state index in [9.17, 15) is 4.79 Å². The van der Waals surface area contributed by atoms with E-state index in [2.05, 4.69) is 10.3 Å². The first-order chi connectivity index (χ1) is 10.1. The zero-order valence-corrected chi connectivity index (χ0v) is 14.4. The largest absolute Gasteiger partial charge is 0.456 e. The molecule has 23 heavy (non-hydrogen) atoms. The molecule has 0 aliphatic rings. The molecule has 7 heteroatoms. The molecule has 3 N–H and O–H groups in total. The third kappa shape index (κ3) is 7.32.